The van der Waals surface area contributed by atoms with Crippen LogP contribution in [0.2, 0.25) is 0 Å². The van der Waals surface area contributed by atoms with Crippen molar-refractivity contribution in [3.63, 3.8) is 0 Å². The van der Waals surface area contributed by atoms with Gasteiger partial charge in [-0.3, -0.25) is 4.79 Å². The molecule has 1 amide bonds. The Labute approximate surface area is 114 Å². The lowest BCUT2D eigenvalue weighted by Crippen LogP contribution is -2.30. The molecule has 0 radical (unpaired) electrons. The highest BCUT2D eigenvalue weighted by molar-refractivity contribution is 7.99. The van der Waals surface area contributed by atoms with Crippen LogP contribution in [0.15, 0.2) is 24.3 Å². The van der Waals surface area contributed by atoms with Gasteiger partial charge in [-0.25, -0.2) is 0 Å². The van der Waals surface area contributed by atoms with E-state index in [-0.39, 0.29) is 11.2 Å². The highest BCUT2D eigenvalue weighted by Gasteiger charge is 2.11. The summed E-state index contributed by atoms with van der Waals surface area (Å²) in [5.74, 6) is 0.0992. The van der Waals surface area contributed by atoms with Crippen molar-refractivity contribution in [1.82, 2.24) is 10.2 Å². The zero-order valence-electron chi connectivity index (χ0n) is 11.6. The molecule has 0 saturated heterocycles. The third-order valence-electron chi connectivity index (χ3n) is 2.78. The fourth-order valence-corrected chi connectivity index (χ4v) is 1.96. The van der Waals surface area contributed by atoms with Crippen LogP contribution in [-0.2, 0) is 17.9 Å². The Morgan fingerprint density at radius 2 is 1.94 bits per heavy atom. The minimum atomic E-state index is 0.00557. The lowest BCUT2D eigenvalue weighted by atomic mass is 10.1. The largest absolute Gasteiger partial charge is 0.351 e. The average molecular weight is 266 g/mol. The second kappa shape index (κ2) is 7.44. The fourth-order valence-electron chi connectivity index (χ4n) is 1.66. The molecule has 1 aromatic carbocycles. The molecule has 0 aliphatic heterocycles. The summed E-state index contributed by atoms with van der Waals surface area (Å²) in [6, 6.07) is 8.23. The van der Waals surface area contributed by atoms with Gasteiger partial charge in [-0.2, -0.15) is 11.8 Å². The van der Waals surface area contributed by atoms with Gasteiger partial charge in [0.1, 0.15) is 0 Å². The third-order valence-corrected chi connectivity index (χ3v) is 3.70. The molecule has 0 aromatic heterocycles. The normalized spacial score (nSPS) is 12.5. The number of nitrogens with one attached hydrogen (secondary N) is 1. The Bertz CT molecular complexity index is 393. The van der Waals surface area contributed by atoms with Crippen molar-refractivity contribution < 1.29 is 4.79 Å². The van der Waals surface area contributed by atoms with Gasteiger partial charge in [0.2, 0.25) is 5.91 Å². The number of amides is 1. The van der Waals surface area contributed by atoms with E-state index < -0.39 is 0 Å². The van der Waals surface area contributed by atoms with E-state index in [0.29, 0.717) is 6.54 Å². The first-order valence-electron chi connectivity index (χ1n) is 6.06. The summed E-state index contributed by atoms with van der Waals surface area (Å²) in [7, 11) is 4.09. The van der Waals surface area contributed by atoms with Crippen LogP contribution in [0.1, 0.15) is 18.1 Å². The van der Waals surface area contributed by atoms with Crippen LogP contribution in [0.4, 0.5) is 0 Å². The predicted molar refractivity (Wildman–Crippen MR) is 78.7 cm³/mol. The third kappa shape index (κ3) is 4.70. The molecule has 18 heavy (non-hydrogen) atoms. The SMILES string of the molecule is CS[C@@H](C)C(=O)NCc1ccccc1CN(C)C. The molecule has 1 atom stereocenters. The Balaban J connectivity index is 2.64. The van der Waals surface area contributed by atoms with Crippen molar-refractivity contribution in [2.24, 2.45) is 0 Å². The Morgan fingerprint density at radius 1 is 1.33 bits per heavy atom. The van der Waals surface area contributed by atoms with Gasteiger partial charge in [-0.15, -0.1) is 0 Å². The first-order chi connectivity index (χ1) is 8.54. The van der Waals surface area contributed by atoms with Crippen LogP contribution in [0.5, 0.6) is 0 Å². The molecular formula is C14H22N2OS. The van der Waals surface area contributed by atoms with Crippen molar-refractivity contribution in [2.45, 2.75) is 25.3 Å². The highest BCUT2D eigenvalue weighted by Crippen LogP contribution is 2.11. The number of nitrogens with zero attached hydrogens (tertiary/aromatic N) is 1. The van der Waals surface area contributed by atoms with Crippen molar-refractivity contribution in [3.8, 4) is 0 Å². The van der Waals surface area contributed by atoms with Gasteiger partial charge in [0.15, 0.2) is 0 Å². The van der Waals surface area contributed by atoms with Crippen LogP contribution in [-0.4, -0.2) is 36.4 Å². The summed E-state index contributed by atoms with van der Waals surface area (Å²) in [6.45, 7) is 3.42. The number of carbonyl (C=O) groups is 1. The molecule has 0 saturated carbocycles. The van der Waals surface area contributed by atoms with Crippen LogP contribution >= 0.6 is 11.8 Å². The van der Waals surface area contributed by atoms with Crippen LogP contribution in [0, 0.1) is 0 Å². The van der Waals surface area contributed by atoms with Gasteiger partial charge >= 0.3 is 0 Å². The number of carbonyl (C=O) groups excluding carboxylic acids is 1. The molecule has 4 heteroatoms. The minimum absolute atomic E-state index is 0.00557. The Hall–Kier alpha value is -1.00. The summed E-state index contributed by atoms with van der Waals surface area (Å²) in [5, 5.41) is 2.99. The second-order valence-corrected chi connectivity index (χ2v) is 5.78. The van der Waals surface area contributed by atoms with E-state index in [4.69, 9.17) is 0 Å². The summed E-state index contributed by atoms with van der Waals surface area (Å²) >= 11 is 1.56. The van der Waals surface area contributed by atoms with Gasteiger partial charge in [0, 0.05) is 13.1 Å². The molecular weight excluding hydrogens is 244 g/mol. The van der Waals surface area contributed by atoms with Crippen molar-refractivity contribution in [2.75, 3.05) is 20.4 Å². The molecule has 0 heterocycles. The summed E-state index contributed by atoms with van der Waals surface area (Å²) < 4.78 is 0. The van der Waals surface area contributed by atoms with E-state index in [0.717, 1.165) is 6.54 Å². The molecule has 1 aromatic rings. The topological polar surface area (TPSA) is 32.3 Å². The van der Waals surface area contributed by atoms with Gasteiger partial charge in [-0.1, -0.05) is 24.3 Å². The van der Waals surface area contributed by atoms with E-state index in [2.05, 4.69) is 22.3 Å². The molecule has 0 spiro atoms. The number of hydrogen-bond donors (Lipinski definition) is 1. The molecule has 0 aliphatic carbocycles. The monoisotopic (exact) mass is 266 g/mol. The molecule has 0 aliphatic rings. The zero-order valence-corrected chi connectivity index (χ0v) is 12.4. The van der Waals surface area contributed by atoms with E-state index in [1.165, 1.54) is 11.1 Å². The highest BCUT2D eigenvalue weighted by atomic mass is 32.2. The van der Waals surface area contributed by atoms with Crippen LogP contribution < -0.4 is 5.32 Å². The Kier molecular flexibility index (Phi) is 6.22. The lowest BCUT2D eigenvalue weighted by Gasteiger charge is -2.15. The summed E-state index contributed by atoms with van der Waals surface area (Å²) in [5.41, 5.74) is 2.45. The van der Waals surface area contributed by atoms with E-state index in [1.807, 2.05) is 39.4 Å². The molecule has 1 rings (SSSR count). The number of thioether (sulfide) groups is 1. The Morgan fingerprint density at radius 3 is 2.50 bits per heavy atom. The first kappa shape index (κ1) is 15.1. The maximum Gasteiger partial charge on any atom is 0.233 e. The van der Waals surface area contributed by atoms with Crippen molar-refractivity contribution in [1.29, 1.82) is 0 Å². The first-order valence-corrected chi connectivity index (χ1v) is 7.35. The standard InChI is InChI=1S/C14H22N2OS/c1-11(18-4)14(17)15-9-12-7-5-6-8-13(12)10-16(2)3/h5-8,11H,9-10H2,1-4H3,(H,15,17)/t11-/m0/s1. The summed E-state index contributed by atoms with van der Waals surface area (Å²) in [6.07, 6.45) is 1.95. The van der Waals surface area contributed by atoms with E-state index >= 15 is 0 Å². The van der Waals surface area contributed by atoms with Gasteiger partial charge in [0.05, 0.1) is 5.25 Å². The van der Waals surface area contributed by atoms with Crippen molar-refractivity contribution in [3.05, 3.63) is 35.4 Å². The molecule has 1 N–H and O–H groups in total. The number of benzene rings is 1. The maximum absolute atomic E-state index is 11.7. The predicted octanol–water partition coefficient (Wildman–Crippen LogP) is 2.12. The number of rotatable bonds is 6. The number of hydrogen-bond acceptors (Lipinski definition) is 3. The van der Waals surface area contributed by atoms with Gasteiger partial charge < -0.3 is 10.2 Å². The molecule has 3 nitrogen and oxygen atoms in total. The van der Waals surface area contributed by atoms with Crippen LogP contribution in [0.25, 0.3) is 0 Å². The second-order valence-electron chi connectivity index (χ2n) is 4.60. The lowest BCUT2D eigenvalue weighted by molar-refractivity contribution is -0.120. The smallest absolute Gasteiger partial charge is 0.233 e. The maximum atomic E-state index is 11.7. The van der Waals surface area contributed by atoms with Crippen LogP contribution in [0.3, 0.4) is 0 Å². The van der Waals surface area contributed by atoms with Crippen molar-refractivity contribution >= 4 is 17.7 Å². The average Bonchev–Trinajstić information content (AvgIpc) is 2.35. The molecule has 0 bridgehead atoms. The fraction of sp³-hybridized carbons (Fsp3) is 0.500. The van der Waals surface area contributed by atoms with Gasteiger partial charge in [-0.05, 0) is 38.4 Å². The molecule has 0 unspecified atom stereocenters. The molecule has 100 valence electrons. The summed E-state index contributed by atoms with van der Waals surface area (Å²) in [4.78, 5) is 13.9. The zero-order chi connectivity index (χ0) is 13.5. The molecule has 0 fully saturated rings. The van der Waals surface area contributed by atoms with E-state index in [9.17, 15) is 4.79 Å². The van der Waals surface area contributed by atoms with Gasteiger partial charge in [0.25, 0.3) is 0 Å². The quantitative estimate of drug-likeness (QED) is 0.856. The van der Waals surface area contributed by atoms with E-state index in [1.54, 1.807) is 11.8 Å². The minimum Gasteiger partial charge on any atom is -0.351 e.